The van der Waals surface area contributed by atoms with Gasteiger partial charge in [0.05, 0.1) is 29.5 Å². The molecular formula is C45H59NO5. The van der Waals surface area contributed by atoms with Crippen LogP contribution in [0.4, 0.5) is 0 Å². The van der Waals surface area contributed by atoms with Crippen LogP contribution in [0.5, 0.6) is 0 Å². The molecule has 1 aromatic rings. The number of rotatable bonds is 4. The van der Waals surface area contributed by atoms with E-state index in [1.54, 1.807) is 7.05 Å². The Hall–Kier alpha value is -2.77. The van der Waals surface area contributed by atoms with Gasteiger partial charge in [0.25, 0.3) is 0 Å². The third-order valence-corrected chi connectivity index (χ3v) is 15.7. The summed E-state index contributed by atoms with van der Waals surface area (Å²) in [5, 5.41) is 39.2. The second kappa shape index (κ2) is 10.9. The van der Waals surface area contributed by atoms with Crippen molar-refractivity contribution in [3.05, 3.63) is 81.5 Å². The lowest BCUT2D eigenvalue weighted by Gasteiger charge is -2.65. The first-order chi connectivity index (χ1) is 23.7. The van der Waals surface area contributed by atoms with Gasteiger partial charge in [-0.2, -0.15) is 0 Å². The Labute approximate surface area is 304 Å². The summed E-state index contributed by atoms with van der Waals surface area (Å²) in [5.41, 5.74) is 9.39. The molecule has 6 heteroatoms. The summed E-state index contributed by atoms with van der Waals surface area (Å²) in [7, 11) is 1.65. The predicted octanol–water partition coefficient (Wildman–Crippen LogP) is 8.26. The summed E-state index contributed by atoms with van der Waals surface area (Å²) < 4.78 is 6.57. The first-order valence-corrected chi connectivity index (χ1v) is 19.4. The Balaban J connectivity index is 1.30. The highest BCUT2D eigenvalue weighted by Gasteiger charge is 2.70. The number of allylic oxidation sites excluding steroid dienone is 4. The molecule has 51 heavy (non-hydrogen) atoms. The molecule has 8 rings (SSSR count). The van der Waals surface area contributed by atoms with Crippen molar-refractivity contribution in [1.29, 1.82) is 0 Å². The molecule has 0 aromatic heterocycles. The van der Waals surface area contributed by atoms with Crippen LogP contribution in [-0.4, -0.2) is 45.6 Å². The van der Waals surface area contributed by atoms with Gasteiger partial charge in [0, 0.05) is 35.8 Å². The average Bonchev–Trinajstić information content (AvgIpc) is 3.71. The first kappa shape index (κ1) is 35.3. The quantitative estimate of drug-likeness (QED) is 0.145. The van der Waals surface area contributed by atoms with Crippen molar-refractivity contribution in [2.75, 3.05) is 7.05 Å². The van der Waals surface area contributed by atoms with Crippen molar-refractivity contribution in [2.24, 2.45) is 39.9 Å². The van der Waals surface area contributed by atoms with Crippen molar-refractivity contribution >= 4 is 17.1 Å². The molecule has 1 aromatic carbocycles. The van der Waals surface area contributed by atoms with E-state index in [4.69, 9.17) is 4.74 Å². The van der Waals surface area contributed by atoms with Gasteiger partial charge in [-0.15, -0.1) is 0 Å². The summed E-state index contributed by atoms with van der Waals surface area (Å²) in [6, 6.07) is 2.39. The number of carbonyl (C=O) groups is 1. The largest absolute Gasteiger partial charge is 0.392 e. The summed E-state index contributed by atoms with van der Waals surface area (Å²) in [4.78, 5) is 12.2. The topological polar surface area (TPSA) is 99.0 Å². The van der Waals surface area contributed by atoms with Crippen LogP contribution in [0.15, 0.2) is 53.7 Å². The molecule has 4 N–H and O–H groups in total. The fourth-order valence-electron chi connectivity index (χ4n) is 13.6. The fraction of sp³-hybridized carbons (Fsp3) is 0.622. The van der Waals surface area contributed by atoms with Gasteiger partial charge in [0.1, 0.15) is 0 Å². The normalized spacial score (nSPS) is 42.5. The van der Waals surface area contributed by atoms with Crippen LogP contribution in [0.1, 0.15) is 140 Å². The lowest BCUT2D eigenvalue weighted by Crippen LogP contribution is -2.60. The smallest absolute Gasteiger partial charge is 0.246 e. The van der Waals surface area contributed by atoms with Gasteiger partial charge >= 0.3 is 0 Å². The van der Waals surface area contributed by atoms with Gasteiger partial charge in [0.2, 0.25) is 5.91 Å². The van der Waals surface area contributed by atoms with Crippen molar-refractivity contribution in [3.8, 4) is 0 Å². The molecule has 1 amide bonds. The van der Waals surface area contributed by atoms with Crippen LogP contribution in [0, 0.1) is 39.9 Å². The molecule has 0 radical (unpaired) electrons. The van der Waals surface area contributed by atoms with E-state index in [2.05, 4.69) is 85.5 Å². The zero-order valence-corrected chi connectivity index (χ0v) is 32.4. The summed E-state index contributed by atoms with van der Waals surface area (Å²) >= 11 is 0. The molecule has 3 unspecified atom stereocenters. The number of ether oxygens (including phenoxy) is 1. The Morgan fingerprint density at radius 2 is 1.67 bits per heavy atom. The number of hydrogen-bond acceptors (Lipinski definition) is 5. The van der Waals surface area contributed by atoms with Gasteiger partial charge in [-0.05, 0) is 147 Å². The van der Waals surface area contributed by atoms with Crippen LogP contribution >= 0.6 is 0 Å². The van der Waals surface area contributed by atoms with Gasteiger partial charge < -0.3 is 25.4 Å². The first-order valence-electron chi connectivity index (χ1n) is 19.4. The minimum atomic E-state index is -0.763. The molecule has 0 spiro atoms. The number of nitrogens with one attached hydrogen (secondary N) is 1. The Kier molecular flexibility index (Phi) is 7.54. The van der Waals surface area contributed by atoms with E-state index < -0.39 is 34.9 Å². The van der Waals surface area contributed by atoms with E-state index >= 15 is 0 Å². The van der Waals surface area contributed by atoms with E-state index in [-0.39, 0.29) is 40.4 Å². The molecule has 6 nitrogen and oxygen atoms in total. The van der Waals surface area contributed by atoms with Gasteiger partial charge in [0.15, 0.2) is 0 Å². The van der Waals surface area contributed by atoms with Gasteiger partial charge in [-0.25, -0.2) is 0 Å². The SMILES string of the molecule is C=C(C)[C@@H]1C2C3=C(CC4CC[C@H]5[C@](C)(/C=C/C=C(\C)C(=O)NC)[C@@H](O)CC[C@]5(C)[C@@]34C)c3cc4c(c(c32)[C@@H]1O)[C@@H](O)C1C4=CC(C)(C)OC1(C)C. The summed E-state index contributed by atoms with van der Waals surface area (Å²) in [5.74, 6) is 0.242. The van der Waals surface area contributed by atoms with Crippen LogP contribution in [0.2, 0.25) is 0 Å². The molecule has 0 bridgehead atoms. The third-order valence-electron chi connectivity index (χ3n) is 15.7. The molecular weight excluding hydrogens is 634 g/mol. The van der Waals surface area contributed by atoms with Crippen LogP contribution in [0.3, 0.4) is 0 Å². The highest BCUT2D eigenvalue weighted by atomic mass is 16.5. The highest BCUT2D eigenvalue weighted by Crippen LogP contribution is 2.78. The van der Waals surface area contributed by atoms with Gasteiger partial charge in [-0.1, -0.05) is 56.7 Å². The van der Waals surface area contributed by atoms with E-state index in [9.17, 15) is 20.1 Å². The second-order valence-electron chi connectivity index (χ2n) is 19.1. The standard InChI is InChI=1S/C45H59NO5/c1-22(2)31-34-32-25(20-26-28-21-41(4,5)51-42(6,7)37(28)39(49)33(26)35(32)38(31)48)27-19-24-14-15-29-43(8,17-12-13-23(3)40(50)46-11)30(47)16-18-44(29,9)45(24,10)36(27)34/h12-13,17,20-21,24,29-31,34,37-39,47-49H,1,14-16,18-19H2,2-11H3,(H,46,50)/b17-12+,23-13+/t24?,29-,30-,31+,34?,37?,38+,39+,43-,44-,45+/m0/s1. The molecule has 7 aliphatic rings. The molecule has 0 saturated heterocycles. The Bertz CT molecular complexity index is 1890. The number of likely N-dealkylation sites (N-methyl/N-ethyl adjacent to an activating group) is 1. The maximum absolute atomic E-state index is 12.5. The van der Waals surface area contributed by atoms with Gasteiger partial charge in [-0.3, -0.25) is 4.79 Å². The monoisotopic (exact) mass is 693 g/mol. The maximum Gasteiger partial charge on any atom is 0.246 e. The Morgan fingerprint density at radius 3 is 2.33 bits per heavy atom. The number of amides is 1. The average molecular weight is 694 g/mol. The number of fused-ring (bicyclic) bond motifs is 10. The van der Waals surface area contributed by atoms with Crippen molar-refractivity contribution in [3.63, 3.8) is 0 Å². The molecule has 2 fully saturated rings. The minimum absolute atomic E-state index is 0.0182. The molecule has 1 heterocycles. The minimum Gasteiger partial charge on any atom is -0.392 e. The molecule has 1 aliphatic heterocycles. The highest BCUT2D eigenvalue weighted by molar-refractivity contribution is 5.93. The lowest BCUT2D eigenvalue weighted by molar-refractivity contribution is -0.161. The third kappa shape index (κ3) is 4.34. The number of benzene rings is 1. The summed E-state index contributed by atoms with van der Waals surface area (Å²) in [6.45, 7) is 24.0. The van der Waals surface area contributed by atoms with Crippen LogP contribution in [-0.2, 0) is 9.53 Å². The summed E-state index contributed by atoms with van der Waals surface area (Å²) in [6.07, 6.45) is 11.1. The number of hydrogen-bond donors (Lipinski definition) is 4. The van der Waals surface area contributed by atoms with E-state index in [1.165, 1.54) is 22.3 Å². The number of aliphatic hydroxyl groups is 3. The molecule has 11 atom stereocenters. The van der Waals surface area contributed by atoms with Crippen molar-refractivity contribution < 1.29 is 24.9 Å². The lowest BCUT2D eigenvalue weighted by atomic mass is 9.39. The van der Waals surface area contributed by atoms with E-state index in [0.29, 0.717) is 11.5 Å². The number of carbonyl (C=O) groups excluding carboxylic acids is 1. The molecule has 6 aliphatic carbocycles. The van der Waals surface area contributed by atoms with E-state index in [0.717, 1.165) is 59.9 Å². The second-order valence-corrected chi connectivity index (χ2v) is 19.1. The predicted molar refractivity (Wildman–Crippen MR) is 202 cm³/mol. The van der Waals surface area contributed by atoms with Crippen molar-refractivity contribution in [2.45, 2.75) is 130 Å². The molecule has 274 valence electrons. The maximum atomic E-state index is 12.5. The van der Waals surface area contributed by atoms with Crippen LogP contribution in [0.25, 0.3) is 11.1 Å². The zero-order chi connectivity index (χ0) is 37.0. The molecule has 2 saturated carbocycles. The zero-order valence-electron chi connectivity index (χ0n) is 32.4. The fourth-order valence-corrected chi connectivity index (χ4v) is 13.6. The Morgan fingerprint density at radius 1 is 0.961 bits per heavy atom. The van der Waals surface area contributed by atoms with Crippen LogP contribution < -0.4 is 5.32 Å². The number of aliphatic hydroxyl groups excluding tert-OH is 3. The van der Waals surface area contributed by atoms with Crippen molar-refractivity contribution in [1.82, 2.24) is 5.32 Å². The van der Waals surface area contributed by atoms with E-state index in [1.807, 2.05) is 19.1 Å².